The van der Waals surface area contributed by atoms with Crippen LogP contribution < -0.4 is 5.32 Å². The van der Waals surface area contributed by atoms with Gasteiger partial charge in [-0.25, -0.2) is 9.18 Å². The number of hydrogen-bond donors (Lipinski definition) is 2. The number of alkyl halides is 3. The highest BCUT2D eigenvalue weighted by molar-refractivity contribution is 5.94. The van der Waals surface area contributed by atoms with Crippen molar-refractivity contribution in [3.05, 3.63) is 70.5 Å². The molecule has 5 nitrogen and oxygen atoms in total. The molecule has 0 radical (unpaired) electrons. The highest BCUT2D eigenvalue weighted by Gasteiger charge is 2.42. The molecule has 30 heavy (non-hydrogen) atoms. The molecule has 160 valence electrons. The standard InChI is InChI=1S/C21H19F4NO4/c22-17-10-15(21(23,24)25)5-6-16(17)18(27)26-12-14-4-1-3-13(9-14)11-20(19(28)29)7-2-8-30-20/h1,3-6,9-10H,2,7-8,11-12H2,(H,26,27)(H,28,29). The predicted molar refractivity (Wildman–Crippen MR) is 98.3 cm³/mol. The maximum absolute atomic E-state index is 13.9. The van der Waals surface area contributed by atoms with E-state index in [2.05, 4.69) is 5.32 Å². The van der Waals surface area contributed by atoms with Gasteiger partial charge < -0.3 is 15.2 Å². The summed E-state index contributed by atoms with van der Waals surface area (Å²) in [5, 5.41) is 12.0. The fourth-order valence-corrected chi connectivity index (χ4v) is 3.41. The van der Waals surface area contributed by atoms with Crippen LogP contribution in [0.4, 0.5) is 17.6 Å². The van der Waals surface area contributed by atoms with Gasteiger partial charge in [0.1, 0.15) is 5.82 Å². The van der Waals surface area contributed by atoms with Gasteiger partial charge in [-0.3, -0.25) is 4.79 Å². The molecule has 9 heteroatoms. The SMILES string of the molecule is O=C(NCc1cccc(CC2(C(=O)O)CCCO2)c1)c1ccc(C(F)(F)F)cc1F. The molecule has 1 atom stereocenters. The molecule has 1 saturated heterocycles. The van der Waals surface area contributed by atoms with Gasteiger partial charge in [0.05, 0.1) is 11.1 Å². The topological polar surface area (TPSA) is 75.6 Å². The Bertz CT molecular complexity index is 952. The van der Waals surface area contributed by atoms with Crippen LogP contribution in [0.25, 0.3) is 0 Å². The number of benzene rings is 2. The van der Waals surface area contributed by atoms with Crippen molar-refractivity contribution in [1.82, 2.24) is 5.32 Å². The number of carbonyl (C=O) groups excluding carboxylic acids is 1. The molecule has 1 fully saturated rings. The lowest BCUT2D eigenvalue weighted by Gasteiger charge is -2.23. The van der Waals surface area contributed by atoms with Crippen molar-refractivity contribution in [3.63, 3.8) is 0 Å². The summed E-state index contributed by atoms with van der Waals surface area (Å²) in [6, 6.07) is 8.55. The number of carbonyl (C=O) groups is 2. The van der Waals surface area contributed by atoms with E-state index in [4.69, 9.17) is 4.74 Å². The quantitative estimate of drug-likeness (QED) is 0.688. The van der Waals surface area contributed by atoms with E-state index in [1.165, 1.54) is 0 Å². The molecule has 0 aliphatic carbocycles. The van der Waals surface area contributed by atoms with Gasteiger partial charge in [-0.15, -0.1) is 0 Å². The van der Waals surface area contributed by atoms with Gasteiger partial charge in [0.2, 0.25) is 0 Å². The van der Waals surface area contributed by atoms with E-state index in [9.17, 15) is 32.3 Å². The number of aliphatic carboxylic acids is 1. The van der Waals surface area contributed by atoms with Gasteiger partial charge in [0.25, 0.3) is 5.91 Å². The molecule has 0 bridgehead atoms. The number of hydrogen-bond acceptors (Lipinski definition) is 3. The van der Waals surface area contributed by atoms with Crippen LogP contribution in [0.2, 0.25) is 0 Å². The predicted octanol–water partition coefficient (Wildman–Crippen LogP) is 3.95. The van der Waals surface area contributed by atoms with Crippen molar-refractivity contribution in [3.8, 4) is 0 Å². The van der Waals surface area contributed by atoms with Gasteiger partial charge in [0.15, 0.2) is 5.60 Å². The summed E-state index contributed by atoms with van der Waals surface area (Å²) in [7, 11) is 0. The van der Waals surface area contributed by atoms with Crippen LogP contribution in [0.5, 0.6) is 0 Å². The number of carboxylic acids is 1. The van der Waals surface area contributed by atoms with Crippen molar-refractivity contribution < 1.29 is 37.0 Å². The highest BCUT2D eigenvalue weighted by atomic mass is 19.4. The molecule has 1 unspecified atom stereocenters. The summed E-state index contributed by atoms with van der Waals surface area (Å²) in [5.41, 5.74) is -1.61. The van der Waals surface area contributed by atoms with Crippen molar-refractivity contribution in [2.75, 3.05) is 6.61 Å². The average Bonchev–Trinajstić information content (AvgIpc) is 3.15. The third-order valence-corrected chi connectivity index (χ3v) is 4.97. The lowest BCUT2D eigenvalue weighted by Crippen LogP contribution is -2.40. The molecule has 2 aromatic carbocycles. The number of amides is 1. The second-order valence-corrected chi connectivity index (χ2v) is 7.12. The number of carboxylic acid groups (broad SMARTS) is 1. The van der Waals surface area contributed by atoms with Gasteiger partial charge in [-0.05, 0) is 42.2 Å². The molecule has 0 aromatic heterocycles. The summed E-state index contributed by atoms with van der Waals surface area (Å²) in [5.74, 6) is -3.15. The summed E-state index contributed by atoms with van der Waals surface area (Å²) < 4.78 is 57.2. The number of rotatable bonds is 6. The normalized spacial score (nSPS) is 18.9. The fourth-order valence-electron chi connectivity index (χ4n) is 3.41. The Balaban J connectivity index is 1.67. The second kappa shape index (κ2) is 8.43. The van der Waals surface area contributed by atoms with Crippen LogP contribution in [-0.2, 0) is 28.7 Å². The van der Waals surface area contributed by atoms with Crippen LogP contribution in [-0.4, -0.2) is 29.2 Å². The first-order valence-electron chi connectivity index (χ1n) is 9.21. The van der Waals surface area contributed by atoms with Gasteiger partial charge in [-0.1, -0.05) is 24.3 Å². The molecule has 1 amide bonds. The van der Waals surface area contributed by atoms with Crippen LogP contribution >= 0.6 is 0 Å². The summed E-state index contributed by atoms with van der Waals surface area (Å²) in [6.45, 7) is 0.370. The Morgan fingerprint density at radius 2 is 1.87 bits per heavy atom. The third-order valence-electron chi connectivity index (χ3n) is 4.97. The van der Waals surface area contributed by atoms with E-state index in [0.717, 1.165) is 6.07 Å². The summed E-state index contributed by atoms with van der Waals surface area (Å²) in [6.07, 6.45) is -3.48. The molecular formula is C21H19F4NO4. The minimum atomic E-state index is -4.70. The zero-order chi connectivity index (χ0) is 21.9. The Morgan fingerprint density at radius 3 is 2.47 bits per heavy atom. The Kier molecular flexibility index (Phi) is 6.12. The first kappa shape index (κ1) is 21.8. The molecule has 1 aliphatic heterocycles. The van der Waals surface area contributed by atoms with Crippen molar-refractivity contribution in [2.24, 2.45) is 0 Å². The minimum absolute atomic E-state index is 0.00589. The van der Waals surface area contributed by atoms with Crippen molar-refractivity contribution in [1.29, 1.82) is 0 Å². The zero-order valence-corrected chi connectivity index (χ0v) is 15.8. The maximum atomic E-state index is 13.9. The van der Waals surface area contributed by atoms with Gasteiger partial charge in [-0.2, -0.15) is 13.2 Å². The van der Waals surface area contributed by atoms with E-state index < -0.39 is 40.6 Å². The van der Waals surface area contributed by atoms with E-state index in [0.29, 0.717) is 36.6 Å². The second-order valence-electron chi connectivity index (χ2n) is 7.12. The van der Waals surface area contributed by atoms with E-state index in [1.54, 1.807) is 24.3 Å². The smallest absolute Gasteiger partial charge is 0.416 e. The van der Waals surface area contributed by atoms with Gasteiger partial charge >= 0.3 is 12.1 Å². The molecule has 2 N–H and O–H groups in total. The first-order chi connectivity index (χ1) is 14.1. The largest absolute Gasteiger partial charge is 0.479 e. The maximum Gasteiger partial charge on any atom is 0.416 e. The first-order valence-corrected chi connectivity index (χ1v) is 9.21. The molecule has 3 rings (SSSR count). The zero-order valence-electron chi connectivity index (χ0n) is 15.8. The molecule has 2 aromatic rings. The van der Waals surface area contributed by atoms with Crippen LogP contribution in [0.1, 0.15) is 39.9 Å². The van der Waals surface area contributed by atoms with Crippen molar-refractivity contribution >= 4 is 11.9 Å². The molecule has 1 aliphatic rings. The van der Waals surface area contributed by atoms with Crippen molar-refractivity contribution in [2.45, 2.75) is 37.6 Å². The van der Waals surface area contributed by atoms with Crippen LogP contribution in [0, 0.1) is 5.82 Å². The number of ether oxygens (including phenoxy) is 1. The monoisotopic (exact) mass is 425 g/mol. The fraction of sp³-hybridized carbons (Fsp3) is 0.333. The minimum Gasteiger partial charge on any atom is -0.479 e. The molecule has 0 spiro atoms. The highest BCUT2D eigenvalue weighted by Crippen LogP contribution is 2.31. The number of nitrogens with one attached hydrogen (secondary N) is 1. The molecular weight excluding hydrogens is 406 g/mol. The van der Waals surface area contributed by atoms with E-state index in [1.807, 2.05) is 0 Å². The summed E-state index contributed by atoms with van der Waals surface area (Å²) in [4.78, 5) is 23.8. The summed E-state index contributed by atoms with van der Waals surface area (Å²) >= 11 is 0. The lowest BCUT2D eigenvalue weighted by molar-refractivity contribution is -0.159. The van der Waals surface area contributed by atoms with E-state index in [-0.39, 0.29) is 19.0 Å². The molecule has 1 heterocycles. The Morgan fingerprint density at radius 1 is 1.13 bits per heavy atom. The average molecular weight is 425 g/mol. The Hall–Kier alpha value is -2.94. The van der Waals surface area contributed by atoms with Gasteiger partial charge in [0, 0.05) is 19.6 Å². The van der Waals surface area contributed by atoms with Crippen LogP contribution in [0.15, 0.2) is 42.5 Å². The lowest BCUT2D eigenvalue weighted by atomic mass is 9.91. The number of halogens is 4. The Labute approximate surface area is 169 Å². The third kappa shape index (κ3) is 4.79. The molecule has 0 saturated carbocycles. The van der Waals surface area contributed by atoms with E-state index >= 15 is 0 Å². The van der Waals surface area contributed by atoms with Crippen LogP contribution in [0.3, 0.4) is 0 Å².